The number of methoxy groups -OCH3 is 1. The zero-order chi connectivity index (χ0) is 19.8. The van der Waals surface area contributed by atoms with Crippen molar-refractivity contribution in [2.75, 3.05) is 52.3 Å². The van der Waals surface area contributed by atoms with Gasteiger partial charge in [-0.1, -0.05) is 12.1 Å². The summed E-state index contributed by atoms with van der Waals surface area (Å²) in [4.78, 5) is 15.0. The number of morpholine rings is 1. The standard InChI is InChI=1S/C22H29N3O3/c1-24(15-18-5-9-21(27-2)10-6-18)17-22(26)23-20-7-3-19(4-8-20)16-25-11-13-28-14-12-25/h3-10H,11-17H2,1-2H3,(H,23,26)/p+2. The van der Waals surface area contributed by atoms with E-state index in [2.05, 4.69) is 17.4 Å². The molecule has 0 spiro atoms. The van der Waals surface area contributed by atoms with Crippen LogP contribution in [-0.2, 0) is 22.6 Å². The van der Waals surface area contributed by atoms with Gasteiger partial charge in [-0.25, -0.2) is 0 Å². The quantitative estimate of drug-likeness (QED) is 0.588. The molecule has 150 valence electrons. The van der Waals surface area contributed by atoms with E-state index in [-0.39, 0.29) is 5.91 Å². The van der Waals surface area contributed by atoms with Crippen molar-refractivity contribution in [1.29, 1.82) is 0 Å². The second-order valence-electron chi connectivity index (χ2n) is 7.44. The summed E-state index contributed by atoms with van der Waals surface area (Å²) in [5.41, 5.74) is 3.32. The number of rotatable bonds is 8. The molecule has 28 heavy (non-hydrogen) atoms. The van der Waals surface area contributed by atoms with Gasteiger partial charge in [0.1, 0.15) is 31.9 Å². The third-order valence-corrected chi connectivity index (χ3v) is 5.02. The number of carbonyl (C=O) groups excluding carboxylic acids is 1. The summed E-state index contributed by atoms with van der Waals surface area (Å²) in [6.45, 7) is 6.02. The number of hydrogen-bond acceptors (Lipinski definition) is 3. The number of ether oxygens (including phenoxy) is 2. The molecule has 0 radical (unpaired) electrons. The number of benzene rings is 2. The fourth-order valence-electron chi connectivity index (χ4n) is 3.47. The van der Waals surface area contributed by atoms with Crippen molar-refractivity contribution in [3.05, 3.63) is 59.7 Å². The Morgan fingerprint density at radius 3 is 2.36 bits per heavy atom. The number of quaternary nitrogens is 2. The Labute approximate surface area is 167 Å². The van der Waals surface area contributed by atoms with Crippen LogP contribution in [0, 0.1) is 0 Å². The molecule has 1 atom stereocenters. The number of carbonyl (C=O) groups is 1. The van der Waals surface area contributed by atoms with Gasteiger partial charge in [0, 0.05) is 16.8 Å². The fraction of sp³-hybridized carbons (Fsp3) is 0.409. The third kappa shape index (κ3) is 6.34. The van der Waals surface area contributed by atoms with Gasteiger partial charge in [-0.05, 0) is 36.4 Å². The van der Waals surface area contributed by atoms with E-state index in [1.54, 1.807) is 12.0 Å². The molecule has 1 fully saturated rings. The highest BCUT2D eigenvalue weighted by Crippen LogP contribution is 2.10. The Balaban J connectivity index is 1.44. The van der Waals surface area contributed by atoms with Crippen molar-refractivity contribution in [2.45, 2.75) is 13.1 Å². The highest BCUT2D eigenvalue weighted by molar-refractivity contribution is 5.91. The van der Waals surface area contributed by atoms with Gasteiger partial charge in [-0.2, -0.15) is 0 Å². The van der Waals surface area contributed by atoms with Crippen LogP contribution < -0.4 is 19.9 Å². The maximum atomic E-state index is 12.3. The second kappa shape index (κ2) is 10.2. The molecule has 6 nitrogen and oxygen atoms in total. The Kier molecular flexibility index (Phi) is 7.42. The van der Waals surface area contributed by atoms with Crippen molar-refractivity contribution >= 4 is 11.6 Å². The van der Waals surface area contributed by atoms with Gasteiger partial charge in [-0.3, -0.25) is 4.79 Å². The van der Waals surface area contributed by atoms with Gasteiger partial charge in [0.2, 0.25) is 0 Å². The van der Waals surface area contributed by atoms with Crippen LogP contribution >= 0.6 is 0 Å². The number of amides is 1. The lowest BCUT2D eigenvalue weighted by Crippen LogP contribution is -3.12. The molecule has 6 heteroatoms. The van der Waals surface area contributed by atoms with Crippen molar-refractivity contribution in [3.63, 3.8) is 0 Å². The molecule has 0 aliphatic carbocycles. The van der Waals surface area contributed by atoms with Crippen LogP contribution in [0.1, 0.15) is 11.1 Å². The first-order chi connectivity index (χ1) is 13.6. The van der Waals surface area contributed by atoms with Gasteiger partial charge in [0.05, 0.1) is 27.4 Å². The van der Waals surface area contributed by atoms with E-state index in [1.807, 2.05) is 43.4 Å². The molecule has 3 rings (SSSR count). The normalized spacial score (nSPS) is 15.8. The van der Waals surface area contributed by atoms with E-state index in [1.165, 1.54) is 11.1 Å². The summed E-state index contributed by atoms with van der Waals surface area (Å²) in [6, 6.07) is 16.2. The predicted octanol–water partition coefficient (Wildman–Crippen LogP) is -0.236. The largest absolute Gasteiger partial charge is 0.497 e. The molecular formula is C22H31N3O3+2. The van der Waals surface area contributed by atoms with Gasteiger partial charge < -0.3 is 24.6 Å². The molecule has 2 aromatic rings. The zero-order valence-corrected chi connectivity index (χ0v) is 16.8. The highest BCUT2D eigenvalue weighted by atomic mass is 16.5. The maximum Gasteiger partial charge on any atom is 0.279 e. The molecule has 1 unspecified atom stereocenters. The molecule has 3 N–H and O–H groups in total. The summed E-state index contributed by atoms with van der Waals surface area (Å²) in [5, 5.41) is 3.00. The molecule has 1 heterocycles. The first kappa shape index (κ1) is 20.3. The van der Waals surface area contributed by atoms with Crippen LogP contribution in [0.25, 0.3) is 0 Å². The third-order valence-electron chi connectivity index (χ3n) is 5.02. The van der Waals surface area contributed by atoms with Crippen LogP contribution in [-0.4, -0.2) is 52.9 Å². The predicted molar refractivity (Wildman–Crippen MR) is 109 cm³/mol. The Morgan fingerprint density at radius 1 is 1.07 bits per heavy atom. The number of likely N-dealkylation sites (N-methyl/N-ethyl adjacent to an activating group) is 1. The number of hydrogen-bond donors (Lipinski definition) is 3. The van der Waals surface area contributed by atoms with Crippen LogP contribution in [0.3, 0.4) is 0 Å². The average Bonchev–Trinajstić information content (AvgIpc) is 2.70. The minimum atomic E-state index is 0.0255. The number of nitrogens with one attached hydrogen (secondary N) is 3. The molecule has 1 saturated heterocycles. The van der Waals surface area contributed by atoms with Gasteiger partial charge >= 0.3 is 0 Å². The molecule has 2 aromatic carbocycles. The molecule has 1 aliphatic heterocycles. The van der Waals surface area contributed by atoms with Crippen LogP contribution in [0.15, 0.2) is 48.5 Å². The Morgan fingerprint density at radius 2 is 1.71 bits per heavy atom. The van der Waals surface area contributed by atoms with E-state index in [4.69, 9.17) is 9.47 Å². The van der Waals surface area contributed by atoms with Crippen molar-refractivity contribution in [3.8, 4) is 5.75 Å². The fourth-order valence-corrected chi connectivity index (χ4v) is 3.47. The number of anilines is 1. The smallest absolute Gasteiger partial charge is 0.279 e. The summed E-state index contributed by atoms with van der Waals surface area (Å²) >= 11 is 0. The highest BCUT2D eigenvalue weighted by Gasteiger charge is 2.14. The lowest BCUT2D eigenvalue weighted by Gasteiger charge is -2.23. The molecule has 0 bridgehead atoms. The summed E-state index contributed by atoms with van der Waals surface area (Å²) < 4.78 is 10.6. The summed E-state index contributed by atoms with van der Waals surface area (Å²) in [7, 11) is 3.69. The van der Waals surface area contributed by atoms with E-state index in [9.17, 15) is 4.79 Å². The summed E-state index contributed by atoms with van der Waals surface area (Å²) in [5.74, 6) is 0.871. The minimum Gasteiger partial charge on any atom is -0.497 e. The topological polar surface area (TPSA) is 56.4 Å². The first-order valence-corrected chi connectivity index (χ1v) is 9.87. The Hall–Kier alpha value is -2.41. The van der Waals surface area contributed by atoms with E-state index < -0.39 is 0 Å². The average molecular weight is 386 g/mol. The van der Waals surface area contributed by atoms with E-state index in [0.29, 0.717) is 6.54 Å². The molecule has 0 saturated carbocycles. The van der Waals surface area contributed by atoms with Crippen molar-refractivity contribution in [2.24, 2.45) is 0 Å². The maximum absolute atomic E-state index is 12.3. The van der Waals surface area contributed by atoms with Gasteiger partial charge in [0.25, 0.3) is 5.91 Å². The molecular weight excluding hydrogens is 354 g/mol. The molecule has 0 aromatic heterocycles. The minimum absolute atomic E-state index is 0.0255. The second-order valence-corrected chi connectivity index (χ2v) is 7.44. The van der Waals surface area contributed by atoms with E-state index in [0.717, 1.165) is 55.7 Å². The Bertz CT molecular complexity index is 741. The van der Waals surface area contributed by atoms with Crippen LogP contribution in [0.2, 0.25) is 0 Å². The van der Waals surface area contributed by atoms with Gasteiger partial charge in [0.15, 0.2) is 6.54 Å². The van der Waals surface area contributed by atoms with Crippen LogP contribution in [0.5, 0.6) is 5.75 Å². The van der Waals surface area contributed by atoms with Gasteiger partial charge in [-0.15, -0.1) is 0 Å². The summed E-state index contributed by atoms with van der Waals surface area (Å²) in [6.07, 6.45) is 0. The van der Waals surface area contributed by atoms with Crippen molar-refractivity contribution in [1.82, 2.24) is 0 Å². The zero-order valence-electron chi connectivity index (χ0n) is 16.8. The first-order valence-electron chi connectivity index (χ1n) is 9.87. The lowest BCUT2D eigenvalue weighted by atomic mass is 10.2. The van der Waals surface area contributed by atoms with E-state index >= 15 is 0 Å². The SMILES string of the molecule is COc1ccc(C[NH+](C)CC(=O)Nc2ccc(C[NH+]3CCOCC3)cc2)cc1. The van der Waals surface area contributed by atoms with Crippen LogP contribution in [0.4, 0.5) is 5.69 Å². The molecule has 1 amide bonds. The van der Waals surface area contributed by atoms with Crippen molar-refractivity contribution < 1.29 is 24.1 Å². The lowest BCUT2D eigenvalue weighted by molar-refractivity contribution is -0.921. The monoisotopic (exact) mass is 385 g/mol. The molecule has 1 aliphatic rings.